The molecule has 2 rings (SSSR count). The molecule has 0 unspecified atom stereocenters. The highest BCUT2D eigenvalue weighted by molar-refractivity contribution is 7.12. The van der Waals surface area contributed by atoms with Crippen molar-refractivity contribution in [1.29, 1.82) is 5.41 Å². The van der Waals surface area contributed by atoms with Crippen LogP contribution in [-0.2, 0) is 0 Å². The van der Waals surface area contributed by atoms with Crippen LogP contribution in [0.25, 0.3) is 0 Å². The van der Waals surface area contributed by atoms with Crippen LogP contribution in [0.5, 0.6) is 0 Å². The van der Waals surface area contributed by atoms with Gasteiger partial charge in [0.2, 0.25) is 0 Å². The van der Waals surface area contributed by atoms with Gasteiger partial charge in [-0.1, -0.05) is 0 Å². The van der Waals surface area contributed by atoms with E-state index in [1.165, 1.54) is 18.4 Å². The van der Waals surface area contributed by atoms with Crippen LogP contribution in [0.4, 0.5) is 0 Å². The highest BCUT2D eigenvalue weighted by Crippen LogP contribution is 2.20. The van der Waals surface area contributed by atoms with Crippen LogP contribution in [0.3, 0.4) is 0 Å². The van der Waals surface area contributed by atoms with Gasteiger partial charge < -0.3 is 4.90 Å². The lowest BCUT2D eigenvalue weighted by Crippen LogP contribution is -2.27. The Labute approximate surface area is 82.7 Å². The molecule has 0 radical (unpaired) electrons. The van der Waals surface area contributed by atoms with Crippen LogP contribution in [0, 0.1) is 12.3 Å². The van der Waals surface area contributed by atoms with E-state index in [1.807, 2.05) is 0 Å². The Morgan fingerprint density at radius 3 is 2.69 bits per heavy atom. The highest BCUT2D eigenvalue weighted by Gasteiger charge is 2.18. The van der Waals surface area contributed by atoms with Crippen molar-refractivity contribution in [2.24, 2.45) is 0 Å². The number of nitrogens with one attached hydrogen (secondary N) is 1. The van der Waals surface area contributed by atoms with Crippen molar-refractivity contribution in [1.82, 2.24) is 4.90 Å². The zero-order chi connectivity index (χ0) is 9.26. The van der Waals surface area contributed by atoms with Gasteiger partial charge >= 0.3 is 0 Å². The smallest absolute Gasteiger partial charge is 0.138 e. The van der Waals surface area contributed by atoms with Crippen molar-refractivity contribution < 1.29 is 0 Å². The van der Waals surface area contributed by atoms with E-state index < -0.39 is 0 Å². The molecule has 13 heavy (non-hydrogen) atoms. The zero-order valence-corrected chi connectivity index (χ0v) is 8.66. The zero-order valence-electron chi connectivity index (χ0n) is 7.84. The summed E-state index contributed by atoms with van der Waals surface area (Å²) in [6.07, 6.45) is 2.49. The molecule has 0 amide bonds. The van der Waals surface area contributed by atoms with Gasteiger partial charge in [0.15, 0.2) is 0 Å². The Morgan fingerprint density at radius 1 is 1.46 bits per heavy atom. The van der Waals surface area contributed by atoms with E-state index >= 15 is 0 Å². The first-order valence-electron chi connectivity index (χ1n) is 4.67. The lowest BCUT2D eigenvalue weighted by atomic mass is 10.2. The fourth-order valence-corrected chi connectivity index (χ4v) is 2.60. The quantitative estimate of drug-likeness (QED) is 0.539. The molecule has 1 aliphatic rings. The van der Waals surface area contributed by atoms with Gasteiger partial charge in [0.1, 0.15) is 5.84 Å². The maximum atomic E-state index is 8.02. The summed E-state index contributed by atoms with van der Waals surface area (Å²) in [5.74, 6) is 0.727. The second-order valence-electron chi connectivity index (χ2n) is 3.48. The third kappa shape index (κ3) is 1.61. The van der Waals surface area contributed by atoms with Crippen molar-refractivity contribution in [3.8, 4) is 0 Å². The minimum absolute atomic E-state index is 0.727. The number of aryl methyl sites for hydroxylation is 1. The summed E-state index contributed by atoms with van der Waals surface area (Å²) in [5, 5.41) is 10.1. The molecule has 0 aromatic carbocycles. The van der Waals surface area contributed by atoms with Crippen LogP contribution in [0.15, 0.2) is 11.4 Å². The number of hydrogen-bond acceptors (Lipinski definition) is 2. The van der Waals surface area contributed by atoms with Gasteiger partial charge in [-0.3, -0.25) is 5.41 Å². The first-order chi connectivity index (χ1) is 6.29. The first kappa shape index (κ1) is 8.75. The standard InChI is InChI=1S/C10H14N2S/c1-8-4-7-13-9(8)10(11)12-5-2-3-6-12/h4,7,11H,2-3,5-6H2,1H3. The number of amidine groups is 1. The van der Waals surface area contributed by atoms with Crippen LogP contribution in [0.1, 0.15) is 23.3 Å². The Kier molecular flexibility index (Phi) is 2.36. The van der Waals surface area contributed by atoms with Gasteiger partial charge in [-0.2, -0.15) is 0 Å². The van der Waals surface area contributed by atoms with Crippen molar-refractivity contribution in [3.05, 3.63) is 21.9 Å². The molecule has 1 aliphatic heterocycles. The molecule has 70 valence electrons. The first-order valence-corrected chi connectivity index (χ1v) is 5.55. The normalized spacial score (nSPS) is 16.5. The maximum Gasteiger partial charge on any atom is 0.138 e. The van der Waals surface area contributed by atoms with Crippen molar-refractivity contribution >= 4 is 17.2 Å². The predicted molar refractivity (Wildman–Crippen MR) is 56.7 cm³/mol. The third-order valence-corrected chi connectivity index (χ3v) is 3.52. The molecule has 1 aromatic rings. The largest absolute Gasteiger partial charge is 0.356 e. The SMILES string of the molecule is Cc1ccsc1C(=N)N1CCCC1. The summed E-state index contributed by atoms with van der Waals surface area (Å²) >= 11 is 1.68. The number of nitrogens with zero attached hydrogens (tertiary/aromatic N) is 1. The molecule has 1 fully saturated rings. The number of thiophene rings is 1. The summed E-state index contributed by atoms with van der Waals surface area (Å²) < 4.78 is 0. The minimum atomic E-state index is 0.727. The molecule has 1 N–H and O–H groups in total. The van der Waals surface area contributed by atoms with E-state index in [4.69, 9.17) is 5.41 Å². The lowest BCUT2D eigenvalue weighted by Gasteiger charge is -2.17. The molecule has 0 bridgehead atoms. The number of hydrogen-bond donors (Lipinski definition) is 1. The van der Waals surface area contributed by atoms with Gasteiger partial charge in [-0.25, -0.2) is 0 Å². The van der Waals surface area contributed by atoms with Gasteiger partial charge in [-0.05, 0) is 36.8 Å². The molecule has 2 nitrogen and oxygen atoms in total. The molecule has 0 aliphatic carbocycles. The van der Waals surface area contributed by atoms with Crippen molar-refractivity contribution in [2.45, 2.75) is 19.8 Å². The van der Waals surface area contributed by atoms with Crippen LogP contribution in [-0.4, -0.2) is 23.8 Å². The lowest BCUT2D eigenvalue weighted by molar-refractivity contribution is 0.518. The molecule has 2 heterocycles. The molecule has 0 spiro atoms. The molecule has 1 aromatic heterocycles. The average molecular weight is 194 g/mol. The van der Waals surface area contributed by atoms with E-state index in [-0.39, 0.29) is 0 Å². The molecule has 3 heteroatoms. The van der Waals surface area contributed by atoms with Gasteiger partial charge in [0.05, 0.1) is 4.88 Å². The van der Waals surface area contributed by atoms with Gasteiger partial charge in [-0.15, -0.1) is 11.3 Å². The van der Waals surface area contributed by atoms with Crippen LogP contribution >= 0.6 is 11.3 Å². The Bertz CT molecular complexity index is 310. The van der Waals surface area contributed by atoms with E-state index in [0.29, 0.717) is 0 Å². The van der Waals surface area contributed by atoms with E-state index in [1.54, 1.807) is 11.3 Å². The van der Waals surface area contributed by atoms with Crippen LogP contribution in [0.2, 0.25) is 0 Å². The fourth-order valence-electron chi connectivity index (χ4n) is 1.70. The number of rotatable bonds is 1. The Morgan fingerprint density at radius 2 is 2.15 bits per heavy atom. The van der Waals surface area contributed by atoms with Gasteiger partial charge in [0.25, 0.3) is 0 Å². The van der Waals surface area contributed by atoms with E-state index in [0.717, 1.165) is 23.8 Å². The van der Waals surface area contributed by atoms with Crippen LogP contribution < -0.4 is 0 Å². The van der Waals surface area contributed by atoms with E-state index in [2.05, 4.69) is 23.3 Å². The summed E-state index contributed by atoms with van der Waals surface area (Å²) in [4.78, 5) is 3.32. The molecular formula is C10H14N2S. The average Bonchev–Trinajstić information content (AvgIpc) is 2.72. The summed E-state index contributed by atoms with van der Waals surface area (Å²) in [6.45, 7) is 4.21. The summed E-state index contributed by atoms with van der Waals surface area (Å²) in [7, 11) is 0. The fraction of sp³-hybridized carbons (Fsp3) is 0.500. The molecule has 1 saturated heterocycles. The Balaban J connectivity index is 2.17. The Hall–Kier alpha value is -0.830. The third-order valence-electron chi connectivity index (χ3n) is 2.50. The van der Waals surface area contributed by atoms with Crippen molar-refractivity contribution in [3.63, 3.8) is 0 Å². The molecule has 0 atom stereocenters. The van der Waals surface area contributed by atoms with E-state index in [9.17, 15) is 0 Å². The second-order valence-corrected chi connectivity index (χ2v) is 4.39. The van der Waals surface area contributed by atoms with Crippen molar-refractivity contribution in [2.75, 3.05) is 13.1 Å². The topological polar surface area (TPSA) is 27.1 Å². The maximum absolute atomic E-state index is 8.02. The molecular weight excluding hydrogens is 180 g/mol. The number of likely N-dealkylation sites (tertiary alicyclic amines) is 1. The summed E-state index contributed by atoms with van der Waals surface area (Å²) in [6, 6.07) is 2.09. The monoisotopic (exact) mass is 194 g/mol. The predicted octanol–water partition coefficient (Wildman–Crippen LogP) is 2.48. The van der Waals surface area contributed by atoms with Gasteiger partial charge in [0, 0.05) is 13.1 Å². The molecule has 0 saturated carbocycles. The highest BCUT2D eigenvalue weighted by atomic mass is 32.1. The minimum Gasteiger partial charge on any atom is -0.356 e. The summed E-state index contributed by atoms with van der Waals surface area (Å²) in [5.41, 5.74) is 1.24. The second kappa shape index (κ2) is 3.50.